The van der Waals surface area contributed by atoms with E-state index in [4.69, 9.17) is 0 Å². The third kappa shape index (κ3) is 7.14. The number of hydrogen-bond donors (Lipinski definition) is 0. The Bertz CT molecular complexity index is 2600. The van der Waals surface area contributed by atoms with Crippen molar-refractivity contribution in [3.8, 4) is 77.9 Å². The van der Waals surface area contributed by atoms with Gasteiger partial charge in [0.1, 0.15) is 0 Å². The zero-order valence-corrected chi connectivity index (χ0v) is 31.0. The van der Waals surface area contributed by atoms with Crippen LogP contribution in [0.15, 0.2) is 182 Å². The smallest absolute Gasteiger partial charge is 0.166 e. The van der Waals surface area contributed by atoms with Crippen molar-refractivity contribution in [2.75, 3.05) is 0 Å². The van der Waals surface area contributed by atoms with E-state index < -0.39 is 11.7 Å². The molecule has 0 radical (unpaired) electrons. The monoisotopic (exact) mass is 720 g/mol. The Balaban J connectivity index is 1.39. The Hall–Kier alpha value is -6.45. The molecule has 268 valence electrons. The first kappa shape index (κ1) is 35.6. The molecule has 0 aliphatic rings. The summed E-state index contributed by atoms with van der Waals surface area (Å²) in [5, 5.41) is 0. The van der Waals surface area contributed by atoms with Crippen molar-refractivity contribution in [3.05, 3.63) is 204 Å². The highest BCUT2D eigenvalue weighted by molar-refractivity contribution is 6.07. The fraction of sp³-hybridized carbons (Fsp3) is 0.0769. The summed E-state index contributed by atoms with van der Waals surface area (Å²) in [6, 6.07) is 61.8. The van der Waals surface area contributed by atoms with Crippen molar-refractivity contribution >= 4 is 0 Å². The first-order chi connectivity index (χ1) is 26.7. The van der Waals surface area contributed by atoms with Gasteiger partial charge in [0, 0.05) is 0 Å². The van der Waals surface area contributed by atoms with E-state index in [2.05, 4.69) is 135 Å². The van der Waals surface area contributed by atoms with E-state index in [1.807, 2.05) is 42.5 Å². The van der Waals surface area contributed by atoms with Crippen molar-refractivity contribution < 1.29 is 13.2 Å². The molecule has 55 heavy (non-hydrogen) atoms. The average Bonchev–Trinajstić information content (AvgIpc) is 3.22. The lowest BCUT2D eigenvalue weighted by Crippen LogP contribution is -2.07. The molecule has 0 aliphatic heterocycles. The third-order valence-electron chi connectivity index (χ3n) is 10.6. The van der Waals surface area contributed by atoms with Crippen molar-refractivity contribution in [2.45, 2.75) is 26.9 Å². The number of hydrogen-bond acceptors (Lipinski definition) is 0. The van der Waals surface area contributed by atoms with Gasteiger partial charge in [0.25, 0.3) is 0 Å². The summed E-state index contributed by atoms with van der Waals surface area (Å²) in [5.74, 6) is 0. The predicted molar refractivity (Wildman–Crippen MR) is 224 cm³/mol. The van der Waals surface area contributed by atoms with Gasteiger partial charge in [-0.15, -0.1) is 0 Å². The third-order valence-corrected chi connectivity index (χ3v) is 10.6. The second kappa shape index (κ2) is 14.8. The summed E-state index contributed by atoms with van der Waals surface area (Å²) in [6.45, 7) is 5.79. The molecule has 0 aliphatic carbocycles. The van der Waals surface area contributed by atoms with Gasteiger partial charge in [0.05, 0.1) is 5.56 Å². The zero-order chi connectivity index (χ0) is 38.1. The van der Waals surface area contributed by atoms with Gasteiger partial charge in [-0.2, -0.15) is 13.2 Å². The zero-order valence-electron chi connectivity index (χ0n) is 31.0. The average molecular weight is 721 g/mol. The van der Waals surface area contributed by atoms with Crippen LogP contribution >= 0.6 is 0 Å². The van der Waals surface area contributed by atoms with Gasteiger partial charge in [0.15, 0.2) is 0 Å². The second-order valence-corrected chi connectivity index (χ2v) is 14.2. The highest BCUT2D eigenvalue weighted by Crippen LogP contribution is 2.50. The molecule has 0 unspecified atom stereocenters. The molecular weight excluding hydrogens is 682 g/mol. The van der Waals surface area contributed by atoms with Crippen molar-refractivity contribution in [1.29, 1.82) is 0 Å². The molecule has 0 aromatic heterocycles. The van der Waals surface area contributed by atoms with Crippen LogP contribution in [0.1, 0.15) is 22.3 Å². The van der Waals surface area contributed by atoms with Crippen molar-refractivity contribution in [1.82, 2.24) is 0 Å². The summed E-state index contributed by atoms with van der Waals surface area (Å²) >= 11 is 0. The first-order valence-electron chi connectivity index (χ1n) is 18.5. The van der Waals surface area contributed by atoms with Crippen LogP contribution in [0.3, 0.4) is 0 Å². The van der Waals surface area contributed by atoms with E-state index in [1.54, 1.807) is 12.1 Å². The number of benzene rings is 8. The lowest BCUT2D eigenvalue weighted by Gasteiger charge is -2.24. The topological polar surface area (TPSA) is 0 Å². The van der Waals surface area contributed by atoms with Crippen LogP contribution in [-0.2, 0) is 6.18 Å². The van der Waals surface area contributed by atoms with Gasteiger partial charge >= 0.3 is 6.18 Å². The van der Waals surface area contributed by atoms with Gasteiger partial charge in [-0.25, -0.2) is 0 Å². The Morgan fingerprint density at radius 2 is 0.655 bits per heavy atom. The number of rotatable bonds is 7. The Morgan fingerprint density at radius 3 is 1.15 bits per heavy atom. The van der Waals surface area contributed by atoms with Gasteiger partial charge in [0.2, 0.25) is 0 Å². The molecule has 0 spiro atoms. The molecule has 0 bridgehead atoms. The highest BCUT2D eigenvalue weighted by Gasteiger charge is 2.32. The van der Waals surface area contributed by atoms with Crippen LogP contribution in [-0.4, -0.2) is 0 Å². The fourth-order valence-electron chi connectivity index (χ4n) is 7.55. The SMILES string of the molecule is Cc1ccc(-c2ccc(-c3c(-c4ccccc4)cc(-c4ccc(-c5ccc(C)c(C(F)(F)F)c5)cc4)c(-c4ccccc4)c3-c3ccccc3)cc2)cc1C. The molecular formula is C52H39F3. The molecule has 0 N–H and O–H groups in total. The minimum atomic E-state index is -4.42. The molecule has 0 saturated heterocycles. The van der Waals surface area contributed by atoms with E-state index in [9.17, 15) is 13.2 Å². The van der Waals surface area contributed by atoms with E-state index in [1.165, 1.54) is 29.7 Å². The number of aryl methyl sites for hydroxylation is 3. The molecule has 0 atom stereocenters. The van der Waals surface area contributed by atoms with Crippen LogP contribution in [0.4, 0.5) is 13.2 Å². The minimum absolute atomic E-state index is 0.210. The Labute approximate surface area is 321 Å². The van der Waals surface area contributed by atoms with Gasteiger partial charge < -0.3 is 0 Å². The molecule has 8 aromatic rings. The van der Waals surface area contributed by atoms with E-state index in [0.29, 0.717) is 5.56 Å². The maximum Gasteiger partial charge on any atom is 0.416 e. The second-order valence-electron chi connectivity index (χ2n) is 14.2. The van der Waals surface area contributed by atoms with Crippen LogP contribution < -0.4 is 0 Å². The Kier molecular flexibility index (Phi) is 9.55. The maximum atomic E-state index is 13.9. The van der Waals surface area contributed by atoms with Gasteiger partial charge in [-0.1, -0.05) is 170 Å². The quantitative estimate of drug-likeness (QED) is 0.154. The number of halogens is 3. The lowest BCUT2D eigenvalue weighted by atomic mass is 9.78. The molecule has 0 saturated carbocycles. The van der Waals surface area contributed by atoms with Crippen LogP contribution in [0.2, 0.25) is 0 Å². The lowest BCUT2D eigenvalue weighted by molar-refractivity contribution is -0.138. The highest BCUT2D eigenvalue weighted by atomic mass is 19.4. The van der Waals surface area contributed by atoms with E-state index in [0.717, 1.165) is 66.8 Å². The molecule has 0 nitrogen and oxygen atoms in total. The van der Waals surface area contributed by atoms with Crippen LogP contribution in [0.5, 0.6) is 0 Å². The van der Waals surface area contributed by atoms with Gasteiger partial charge in [-0.05, 0) is 127 Å². The molecule has 8 aromatic carbocycles. The maximum absolute atomic E-state index is 13.9. The molecule has 0 heterocycles. The normalized spacial score (nSPS) is 11.5. The summed E-state index contributed by atoms with van der Waals surface area (Å²) in [5.41, 5.74) is 16.5. The standard InChI is InChI=1S/C52H39F3/c1-34-19-21-44(31-36(34)3)37-25-29-43(30-26-37)50-46(39-13-7-4-8-14-39)33-47(49(41-15-9-5-10-16-41)51(50)42-17-11-6-12-18-42)40-27-23-38(24-28-40)45-22-20-35(2)48(32-45)52(53,54)55/h4-33H,1-3H3. The molecule has 0 amide bonds. The largest absolute Gasteiger partial charge is 0.416 e. The minimum Gasteiger partial charge on any atom is -0.166 e. The van der Waals surface area contributed by atoms with Gasteiger partial charge in [-0.3, -0.25) is 0 Å². The summed E-state index contributed by atoms with van der Waals surface area (Å²) in [7, 11) is 0. The molecule has 8 rings (SSSR count). The summed E-state index contributed by atoms with van der Waals surface area (Å²) in [6.07, 6.45) is -4.42. The summed E-state index contributed by atoms with van der Waals surface area (Å²) < 4.78 is 41.6. The van der Waals surface area contributed by atoms with Crippen LogP contribution in [0, 0.1) is 20.8 Å². The Morgan fingerprint density at radius 1 is 0.291 bits per heavy atom. The van der Waals surface area contributed by atoms with Crippen molar-refractivity contribution in [2.24, 2.45) is 0 Å². The predicted octanol–water partition coefficient (Wildman–Crippen LogP) is 15.3. The van der Waals surface area contributed by atoms with E-state index in [-0.39, 0.29) is 5.56 Å². The summed E-state index contributed by atoms with van der Waals surface area (Å²) in [4.78, 5) is 0. The fourth-order valence-corrected chi connectivity index (χ4v) is 7.55. The number of alkyl halides is 3. The molecule has 3 heteroatoms. The molecule has 0 fully saturated rings. The van der Waals surface area contributed by atoms with E-state index >= 15 is 0 Å². The first-order valence-corrected chi connectivity index (χ1v) is 18.5. The van der Waals surface area contributed by atoms with Crippen molar-refractivity contribution in [3.63, 3.8) is 0 Å². The van der Waals surface area contributed by atoms with Crippen LogP contribution in [0.25, 0.3) is 77.9 Å².